The van der Waals surface area contributed by atoms with E-state index in [0.29, 0.717) is 0 Å². The summed E-state index contributed by atoms with van der Waals surface area (Å²) in [6.45, 7) is -0.454. The van der Waals surface area contributed by atoms with Crippen molar-refractivity contribution in [2.24, 2.45) is 0 Å². The van der Waals surface area contributed by atoms with Crippen LogP contribution in [-0.2, 0) is 9.13 Å². The minimum atomic E-state index is -4.29. The second-order valence-corrected chi connectivity index (χ2v) is 4.71. The van der Waals surface area contributed by atoms with Crippen LogP contribution in [0.1, 0.15) is 0 Å². The molecule has 0 radical (unpaired) electrons. The maximum absolute atomic E-state index is 10.1. The Balaban J connectivity index is 3.48. The van der Waals surface area contributed by atoms with Gasteiger partial charge in [-0.2, -0.15) is 0 Å². The van der Waals surface area contributed by atoms with Gasteiger partial charge in [0.15, 0.2) is 0 Å². The lowest BCUT2D eigenvalue weighted by Gasteiger charge is -2.07. The molecule has 0 rings (SSSR count). The summed E-state index contributed by atoms with van der Waals surface area (Å²) in [6.07, 6.45) is 0. The van der Waals surface area contributed by atoms with E-state index in [9.17, 15) is 9.13 Å². The Morgan fingerprint density at radius 3 is 1.25 bits per heavy atom. The van der Waals surface area contributed by atoms with Gasteiger partial charge in [0.05, 0.1) is 0 Å². The van der Waals surface area contributed by atoms with E-state index in [1.165, 1.54) is 0 Å². The van der Waals surface area contributed by atoms with E-state index in [-0.39, 0.29) is 13.1 Å². The van der Waals surface area contributed by atoms with Crippen molar-refractivity contribution in [1.29, 1.82) is 0 Å². The van der Waals surface area contributed by atoms with Gasteiger partial charge in [-0.1, -0.05) is 0 Å². The Kier molecular flexibility index (Phi) is 4.54. The minimum Gasteiger partial charge on any atom is -0.313 e. The summed E-state index contributed by atoms with van der Waals surface area (Å²) >= 11 is 0. The molecule has 74 valence electrons. The maximum Gasteiger partial charge on any atom is 0.400 e. The first-order valence-electron chi connectivity index (χ1n) is 2.82. The molecule has 0 bridgehead atoms. The van der Waals surface area contributed by atoms with Crippen LogP contribution >= 0.6 is 15.5 Å². The van der Waals surface area contributed by atoms with E-state index in [2.05, 4.69) is 0 Å². The maximum atomic E-state index is 10.1. The molecule has 0 spiro atoms. The summed E-state index contributed by atoms with van der Waals surface area (Å²) in [4.78, 5) is 32.9. The van der Waals surface area contributed by atoms with E-state index >= 15 is 0 Å². The van der Waals surface area contributed by atoms with Crippen molar-refractivity contribution >= 4 is 15.5 Å². The third-order valence-corrected chi connectivity index (χ3v) is 2.03. The van der Waals surface area contributed by atoms with Gasteiger partial charge in [0, 0.05) is 13.1 Å². The molecule has 0 aliphatic carbocycles. The standard InChI is InChI=1S/C2H10N2O6P2/c5-11(6,7)3-1-2-4-12(8,9)10/h1-2H2,(H3,3,5,6,7)(H3,4,8,9,10). The van der Waals surface area contributed by atoms with E-state index in [0.717, 1.165) is 0 Å². The van der Waals surface area contributed by atoms with Gasteiger partial charge in [0.2, 0.25) is 0 Å². The first-order valence-corrected chi connectivity index (χ1v) is 6.04. The van der Waals surface area contributed by atoms with Crippen molar-refractivity contribution in [3.63, 3.8) is 0 Å². The van der Waals surface area contributed by atoms with Gasteiger partial charge in [0.1, 0.15) is 0 Å². The molecule has 0 saturated heterocycles. The zero-order valence-corrected chi connectivity index (χ0v) is 7.70. The van der Waals surface area contributed by atoms with Crippen LogP contribution in [0.25, 0.3) is 0 Å². The summed E-state index contributed by atoms with van der Waals surface area (Å²) in [5.41, 5.74) is 0. The lowest BCUT2D eigenvalue weighted by molar-refractivity contribution is 0.348. The third-order valence-electron chi connectivity index (χ3n) is 0.761. The van der Waals surface area contributed by atoms with E-state index in [4.69, 9.17) is 19.6 Å². The van der Waals surface area contributed by atoms with Crippen molar-refractivity contribution in [3.8, 4) is 0 Å². The van der Waals surface area contributed by atoms with Crippen LogP contribution in [0.2, 0.25) is 0 Å². The van der Waals surface area contributed by atoms with Crippen molar-refractivity contribution in [3.05, 3.63) is 0 Å². The normalized spacial score (nSPS) is 13.3. The quantitative estimate of drug-likeness (QED) is 0.239. The van der Waals surface area contributed by atoms with E-state index < -0.39 is 15.5 Å². The predicted octanol–water partition coefficient (Wildman–Crippen LogP) is -1.65. The first-order chi connectivity index (χ1) is 5.21. The fourth-order valence-corrected chi connectivity index (χ4v) is 1.21. The molecule has 10 heteroatoms. The average molecular weight is 220 g/mol. The molecule has 0 aliphatic rings. The molecule has 12 heavy (non-hydrogen) atoms. The molecule has 0 amide bonds. The summed E-state index contributed by atoms with van der Waals surface area (Å²) < 4.78 is 20.2. The monoisotopic (exact) mass is 220 g/mol. The van der Waals surface area contributed by atoms with Gasteiger partial charge in [-0.15, -0.1) is 0 Å². The lowest BCUT2D eigenvalue weighted by atomic mass is 10.7. The summed E-state index contributed by atoms with van der Waals surface area (Å²) in [5, 5.41) is 3.51. The van der Waals surface area contributed by atoms with Gasteiger partial charge in [-0.25, -0.2) is 19.3 Å². The zero-order chi connectivity index (χ0) is 9.83. The molecule has 0 unspecified atom stereocenters. The van der Waals surface area contributed by atoms with Crippen LogP contribution in [0.15, 0.2) is 0 Å². The smallest absolute Gasteiger partial charge is 0.313 e. The largest absolute Gasteiger partial charge is 0.400 e. The third kappa shape index (κ3) is 10.2. The fourth-order valence-electron chi connectivity index (χ4n) is 0.403. The van der Waals surface area contributed by atoms with Gasteiger partial charge >= 0.3 is 15.5 Å². The van der Waals surface area contributed by atoms with Gasteiger partial charge < -0.3 is 19.6 Å². The highest BCUT2D eigenvalue weighted by atomic mass is 31.2. The van der Waals surface area contributed by atoms with Gasteiger partial charge in [0.25, 0.3) is 0 Å². The summed E-state index contributed by atoms with van der Waals surface area (Å²) in [7, 11) is -8.58. The number of hydrogen-bond donors (Lipinski definition) is 6. The Morgan fingerprint density at radius 1 is 0.833 bits per heavy atom. The molecular weight excluding hydrogens is 210 g/mol. The summed E-state index contributed by atoms with van der Waals surface area (Å²) in [5.74, 6) is 0. The molecule has 0 heterocycles. The molecule has 0 aromatic heterocycles. The molecule has 8 nitrogen and oxygen atoms in total. The van der Waals surface area contributed by atoms with Crippen LogP contribution in [-0.4, -0.2) is 32.7 Å². The molecule has 0 aromatic carbocycles. The zero-order valence-electron chi connectivity index (χ0n) is 5.91. The fraction of sp³-hybridized carbons (Fsp3) is 1.00. The minimum absolute atomic E-state index is 0.227. The highest BCUT2D eigenvalue weighted by Crippen LogP contribution is 2.29. The van der Waals surface area contributed by atoms with Crippen molar-refractivity contribution < 1.29 is 28.7 Å². The molecule has 0 atom stereocenters. The van der Waals surface area contributed by atoms with Crippen LogP contribution in [0.5, 0.6) is 0 Å². The van der Waals surface area contributed by atoms with Gasteiger partial charge in [-0.05, 0) is 0 Å². The van der Waals surface area contributed by atoms with Crippen LogP contribution in [0, 0.1) is 0 Å². The Hall–Kier alpha value is 0.220. The summed E-state index contributed by atoms with van der Waals surface area (Å²) in [6, 6.07) is 0. The molecule has 6 N–H and O–H groups in total. The topological polar surface area (TPSA) is 139 Å². The number of rotatable bonds is 5. The molecule has 0 fully saturated rings. The average Bonchev–Trinajstić information content (AvgIpc) is 1.76. The SMILES string of the molecule is O=P(O)(O)NCCNP(=O)(O)O. The first kappa shape index (κ1) is 12.2. The van der Waals surface area contributed by atoms with Crippen molar-refractivity contribution in [1.82, 2.24) is 10.2 Å². The second kappa shape index (κ2) is 4.45. The Bertz CT molecular complexity index is 194. The Labute approximate surface area is 68.4 Å². The highest BCUT2D eigenvalue weighted by Gasteiger charge is 2.13. The van der Waals surface area contributed by atoms with E-state index in [1.54, 1.807) is 10.2 Å². The van der Waals surface area contributed by atoms with E-state index in [1.807, 2.05) is 0 Å². The van der Waals surface area contributed by atoms with Crippen molar-refractivity contribution in [2.45, 2.75) is 0 Å². The molecule has 0 saturated carbocycles. The lowest BCUT2D eigenvalue weighted by Crippen LogP contribution is -2.23. The Morgan fingerprint density at radius 2 is 1.08 bits per heavy atom. The highest BCUT2D eigenvalue weighted by molar-refractivity contribution is 7.49. The molecule has 0 aromatic rings. The van der Waals surface area contributed by atoms with Crippen LogP contribution in [0.4, 0.5) is 0 Å². The number of hydrogen-bond acceptors (Lipinski definition) is 2. The molecular formula is C2H10N2O6P2. The second-order valence-electron chi connectivity index (χ2n) is 1.90. The van der Waals surface area contributed by atoms with Crippen LogP contribution in [0.3, 0.4) is 0 Å². The van der Waals surface area contributed by atoms with Crippen LogP contribution < -0.4 is 10.2 Å². The predicted molar refractivity (Wildman–Crippen MR) is 40.1 cm³/mol. The van der Waals surface area contributed by atoms with Gasteiger partial charge in [-0.3, -0.25) is 0 Å². The molecule has 0 aliphatic heterocycles. The van der Waals surface area contributed by atoms with Crippen molar-refractivity contribution in [2.75, 3.05) is 13.1 Å². The number of nitrogens with one attached hydrogen (secondary N) is 2.